The lowest BCUT2D eigenvalue weighted by molar-refractivity contribution is 0.0699. The minimum Gasteiger partial charge on any atom is -0.337 e. The molecule has 0 saturated carbocycles. The van der Waals surface area contributed by atoms with Crippen molar-refractivity contribution in [3.8, 4) is 5.69 Å². The molecule has 8 heteroatoms. The van der Waals surface area contributed by atoms with Gasteiger partial charge in [-0.3, -0.25) is 9.89 Å². The van der Waals surface area contributed by atoms with Crippen LogP contribution in [0.4, 0.5) is 0 Å². The molecule has 8 nitrogen and oxygen atoms in total. The summed E-state index contributed by atoms with van der Waals surface area (Å²) in [5, 5.41) is 20.4. The first-order valence-corrected chi connectivity index (χ1v) is 9.37. The van der Waals surface area contributed by atoms with E-state index in [4.69, 9.17) is 0 Å². The van der Waals surface area contributed by atoms with Crippen LogP contribution in [-0.4, -0.2) is 54.3 Å². The molecule has 1 amide bonds. The summed E-state index contributed by atoms with van der Waals surface area (Å²) in [7, 11) is 0. The van der Waals surface area contributed by atoms with Gasteiger partial charge in [0.15, 0.2) is 11.5 Å². The van der Waals surface area contributed by atoms with Crippen molar-refractivity contribution in [3.05, 3.63) is 66.1 Å². The zero-order valence-electron chi connectivity index (χ0n) is 15.2. The number of hydrogen-bond donors (Lipinski definition) is 1. The van der Waals surface area contributed by atoms with Crippen LogP contribution in [0.15, 0.2) is 54.6 Å². The lowest BCUT2D eigenvalue weighted by Crippen LogP contribution is -2.40. The fourth-order valence-electron chi connectivity index (χ4n) is 3.85. The van der Waals surface area contributed by atoms with Crippen molar-refractivity contribution in [3.63, 3.8) is 0 Å². The average Bonchev–Trinajstić information content (AvgIpc) is 3.41. The molecule has 5 rings (SSSR count). The van der Waals surface area contributed by atoms with Crippen LogP contribution in [0.2, 0.25) is 0 Å². The largest absolute Gasteiger partial charge is 0.337 e. The van der Waals surface area contributed by atoms with E-state index in [0.717, 1.165) is 35.3 Å². The molecule has 0 bridgehead atoms. The maximum atomic E-state index is 13.1. The van der Waals surface area contributed by atoms with E-state index in [1.165, 1.54) is 0 Å². The van der Waals surface area contributed by atoms with Crippen LogP contribution in [-0.2, 0) is 0 Å². The summed E-state index contributed by atoms with van der Waals surface area (Å²) in [6.07, 6.45) is 1.85. The number of fused-ring (bicyclic) bond motifs is 1. The van der Waals surface area contributed by atoms with Gasteiger partial charge in [-0.25, -0.2) is 0 Å². The Morgan fingerprint density at radius 3 is 2.79 bits per heavy atom. The standard InChI is InChI=1S/C20H19N7O/c28-20(18-16-10-4-5-11-17(16)21-22-18)26-12-6-7-14(13-26)19-23-24-25-27(19)15-8-2-1-3-9-15/h1-5,8-11,14H,6-7,12-13H2,(H,21,22). The molecule has 0 aliphatic carbocycles. The van der Waals surface area contributed by atoms with E-state index in [2.05, 4.69) is 25.7 Å². The minimum absolute atomic E-state index is 0.0547. The van der Waals surface area contributed by atoms with E-state index in [1.807, 2.05) is 59.5 Å². The van der Waals surface area contributed by atoms with Crippen molar-refractivity contribution in [2.45, 2.75) is 18.8 Å². The summed E-state index contributed by atoms with van der Waals surface area (Å²) in [5.41, 5.74) is 2.26. The first-order chi connectivity index (χ1) is 13.8. The first kappa shape index (κ1) is 16.6. The highest BCUT2D eigenvalue weighted by Crippen LogP contribution is 2.28. The highest BCUT2D eigenvalue weighted by Gasteiger charge is 2.30. The summed E-state index contributed by atoms with van der Waals surface area (Å²) in [4.78, 5) is 15.0. The fraction of sp³-hybridized carbons (Fsp3) is 0.250. The number of aromatic amines is 1. The maximum Gasteiger partial charge on any atom is 0.275 e. The highest BCUT2D eigenvalue weighted by molar-refractivity contribution is 6.04. The third-order valence-electron chi connectivity index (χ3n) is 5.24. The second-order valence-electron chi connectivity index (χ2n) is 6.99. The minimum atomic E-state index is -0.0547. The van der Waals surface area contributed by atoms with E-state index >= 15 is 0 Å². The Kier molecular flexibility index (Phi) is 4.08. The molecule has 1 aliphatic heterocycles. The number of benzene rings is 2. The lowest BCUT2D eigenvalue weighted by Gasteiger charge is -2.31. The average molecular weight is 373 g/mol. The number of nitrogens with one attached hydrogen (secondary N) is 1. The topological polar surface area (TPSA) is 92.6 Å². The Bertz CT molecular complexity index is 1120. The smallest absolute Gasteiger partial charge is 0.275 e. The number of tetrazole rings is 1. The number of hydrogen-bond acceptors (Lipinski definition) is 5. The van der Waals surface area contributed by atoms with E-state index < -0.39 is 0 Å². The molecule has 1 atom stereocenters. The molecule has 2 aromatic carbocycles. The van der Waals surface area contributed by atoms with Gasteiger partial charge < -0.3 is 4.90 Å². The molecule has 1 aliphatic rings. The Morgan fingerprint density at radius 2 is 1.89 bits per heavy atom. The molecular formula is C20H19N7O. The van der Waals surface area contributed by atoms with Crippen LogP contribution < -0.4 is 0 Å². The second kappa shape index (κ2) is 6.88. The van der Waals surface area contributed by atoms with Gasteiger partial charge in [-0.05, 0) is 41.5 Å². The van der Waals surface area contributed by atoms with Gasteiger partial charge in [0, 0.05) is 24.4 Å². The quantitative estimate of drug-likeness (QED) is 0.596. The Labute approximate surface area is 161 Å². The van der Waals surface area contributed by atoms with Crippen molar-refractivity contribution in [2.24, 2.45) is 0 Å². The number of carbonyl (C=O) groups excluding carboxylic acids is 1. The van der Waals surface area contributed by atoms with E-state index in [9.17, 15) is 4.79 Å². The third kappa shape index (κ3) is 2.83. The number of nitrogens with zero attached hydrogens (tertiary/aromatic N) is 6. The SMILES string of the molecule is O=C(c1n[nH]c2ccccc12)N1CCCC(c2nnnn2-c2ccccc2)C1. The van der Waals surface area contributed by atoms with Gasteiger partial charge in [0.25, 0.3) is 5.91 Å². The summed E-state index contributed by atoms with van der Waals surface area (Å²) in [6.45, 7) is 1.29. The van der Waals surface area contributed by atoms with Crippen LogP contribution in [0.25, 0.3) is 16.6 Å². The molecule has 0 spiro atoms. The first-order valence-electron chi connectivity index (χ1n) is 9.37. The van der Waals surface area contributed by atoms with Crippen LogP contribution >= 0.6 is 0 Å². The number of piperidine rings is 1. The molecule has 4 aromatic rings. The third-order valence-corrected chi connectivity index (χ3v) is 5.24. The zero-order valence-corrected chi connectivity index (χ0v) is 15.2. The van der Waals surface area contributed by atoms with Crippen molar-refractivity contribution in [1.82, 2.24) is 35.3 Å². The monoisotopic (exact) mass is 373 g/mol. The predicted molar refractivity (Wildman–Crippen MR) is 103 cm³/mol. The van der Waals surface area contributed by atoms with Gasteiger partial charge in [-0.15, -0.1) is 5.10 Å². The molecule has 1 unspecified atom stereocenters. The van der Waals surface area contributed by atoms with Crippen molar-refractivity contribution >= 4 is 16.8 Å². The molecule has 28 heavy (non-hydrogen) atoms. The van der Waals surface area contributed by atoms with Gasteiger partial charge in [0.1, 0.15) is 0 Å². The molecule has 1 saturated heterocycles. The van der Waals surface area contributed by atoms with E-state index in [-0.39, 0.29) is 11.8 Å². The van der Waals surface area contributed by atoms with Gasteiger partial charge in [0.05, 0.1) is 11.2 Å². The molecule has 3 heterocycles. The summed E-state index contributed by atoms with van der Waals surface area (Å²) < 4.78 is 1.77. The molecule has 1 fully saturated rings. The summed E-state index contributed by atoms with van der Waals surface area (Å²) in [5.74, 6) is 0.814. The molecule has 0 radical (unpaired) electrons. The van der Waals surface area contributed by atoms with Gasteiger partial charge in [-0.1, -0.05) is 36.4 Å². The van der Waals surface area contributed by atoms with Crippen LogP contribution in [0.3, 0.4) is 0 Å². The Morgan fingerprint density at radius 1 is 1.07 bits per heavy atom. The summed E-state index contributed by atoms with van der Waals surface area (Å²) in [6, 6.07) is 17.5. The van der Waals surface area contributed by atoms with Crippen LogP contribution in [0.5, 0.6) is 0 Å². The van der Waals surface area contributed by atoms with E-state index in [1.54, 1.807) is 4.68 Å². The van der Waals surface area contributed by atoms with Crippen LogP contribution in [0, 0.1) is 0 Å². The number of aromatic nitrogens is 6. The number of rotatable bonds is 3. The Hall–Kier alpha value is -3.55. The molecule has 140 valence electrons. The zero-order chi connectivity index (χ0) is 18.9. The van der Waals surface area contributed by atoms with Gasteiger partial charge in [0.2, 0.25) is 0 Å². The van der Waals surface area contributed by atoms with Crippen molar-refractivity contribution in [2.75, 3.05) is 13.1 Å². The predicted octanol–water partition coefficient (Wildman–Crippen LogP) is 2.56. The summed E-state index contributed by atoms with van der Waals surface area (Å²) >= 11 is 0. The van der Waals surface area contributed by atoms with Gasteiger partial charge >= 0.3 is 0 Å². The van der Waals surface area contributed by atoms with E-state index in [0.29, 0.717) is 18.8 Å². The normalized spacial score (nSPS) is 17.1. The second-order valence-corrected chi connectivity index (χ2v) is 6.99. The highest BCUT2D eigenvalue weighted by atomic mass is 16.2. The fourth-order valence-corrected chi connectivity index (χ4v) is 3.85. The number of para-hydroxylation sites is 2. The van der Waals surface area contributed by atoms with Crippen LogP contribution in [0.1, 0.15) is 35.1 Å². The maximum absolute atomic E-state index is 13.1. The molecular weight excluding hydrogens is 354 g/mol. The number of carbonyl (C=O) groups is 1. The van der Waals surface area contributed by atoms with Crippen molar-refractivity contribution < 1.29 is 4.79 Å². The number of likely N-dealkylation sites (tertiary alicyclic amines) is 1. The van der Waals surface area contributed by atoms with Crippen molar-refractivity contribution in [1.29, 1.82) is 0 Å². The van der Waals surface area contributed by atoms with Gasteiger partial charge in [-0.2, -0.15) is 9.78 Å². The molecule has 2 aromatic heterocycles. The lowest BCUT2D eigenvalue weighted by atomic mass is 9.96. The Balaban J connectivity index is 1.42. The number of amides is 1. The molecule has 1 N–H and O–H groups in total. The number of H-pyrrole nitrogens is 1.